The maximum Gasteiger partial charge on any atom is 0.230 e. The van der Waals surface area contributed by atoms with E-state index in [0.717, 1.165) is 37.0 Å². The van der Waals surface area contributed by atoms with Crippen molar-refractivity contribution in [2.45, 2.75) is 63.0 Å². The Hall–Kier alpha value is -1.00. The zero-order valence-corrected chi connectivity index (χ0v) is 13.7. The van der Waals surface area contributed by atoms with Gasteiger partial charge < -0.3 is 10.4 Å². The van der Waals surface area contributed by atoms with Crippen molar-refractivity contribution in [1.29, 1.82) is 0 Å². The molecule has 116 valence electrons. The predicted octanol–water partition coefficient (Wildman–Crippen LogP) is 3.21. The highest BCUT2D eigenvalue weighted by Crippen LogP contribution is 2.24. The van der Waals surface area contributed by atoms with Crippen LogP contribution in [0.15, 0.2) is 23.1 Å². The van der Waals surface area contributed by atoms with Gasteiger partial charge in [-0.3, -0.25) is 4.79 Å². The maximum absolute atomic E-state index is 12.1. The van der Waals surface area contributed by atoms with Gasteiger partial charge in [-0.05, 0) is 38.3 Å². The van der Waals surface area contributed by atoms with Crippen molar-refractivity contribution >= 4 is 17.7 Å². The van der Waals surface area contributed by atoms with Crippen molar-refractivity contribution in [3.8, 4) is 0 Å². The number of carbonyl (C=O) groups excluding carboxylic acids is 1. The molecule has 0 radical (unpaired) electrons. The van der Waals surface area contributed by atoms with Crippen LogP contribution in [0.5, 0.6) is 0 Å². The van der Waals surface area contributed by atoms with Crippen LogP contribution in [0.4, 0.5) is 0 Å². The van der Waals surface area contributed by atoms with Crippen LogP contribution >= 0.6 is 11.8 Å². The molecule has 0 aromatic heterocycles. The molecule has 1 saturated carbocycles. The van der Waals surface area contributed by atoms with E-state index < -0.39 is 0 Å². The summed E-state index contributed by atoms with van der Waals surface area (Å²) in [5, 5.41) is 13.0. The van der Waals surface area contributed by atoms with Gasteiger partial charge in [0.05, 0.1) is 17.9 Å². The average Bonchev–Trinajstić information content (AvgIpc) is 2.65. The van der Waals surface area contributed by atoms with Gasteiger partial charge in [0.25, 0.3) is 0 Å². The molecule has 4 heteroatoms. The van der Waals surface area contributed by atoms with Crippen LogP contribution in [0.2, 0.25) is 0 Å². The summed E-state index contributed by atoms with van der Waals surface area (Å²) in [6.45, 7) is 4.13. The molecule has 0 heterocycles. The number of amides is 1. The number of hydrogen-bond acceptors (Lipinski definition) is 3. The number of hydrogen-bond donors (Lipinski definition) is 2. The maximum atomic E-state index is 12.1. The topological polar surface area (TPSA) is 49.3 Å². The average molecular weight is 307 g/mol. The van der Waals surface area contributed by atoms with Gasteiger partial charge in [0.2, 0.25) is 5.91 Å². The molecular formula is C17H25NO2S. The van der Waals surface area contributed by atoms with Gasteiger partial charge in [-0.15, -0.1) is 11.8 Å². The van der Waals surface area contributed by atoms with Gasteiger partial charge >= 0.3 is 0 Å². The van der Waals surface area contributed by atoms with Crippen LogP contribution in [0.1, 0.15) is 43.2 Å². The number of aliphatic hydroxyl groups excluding tert-OH is 1. The minimum Gasteiger partial charge on any atom is -0.391 e. The summed E-state index contributed by atoms with van der Waals surface area (Å²) in [6.07, 6.45) is 4.61. The molecule has 0 aliphatic heterocycles. The zero-order chi connectivity index (χ0) is 15.2. The lowest BCUT2D eigenvalue weighted by Crippen LogP contribution is -2.43. The first-order chi connectivity index (χ1) is 10.1. The van der Waals surface area contributed by atoms with Crippen LogP contribution in [0.3, 0.4) is 0 Å². The summed E-state index contributed by atoms with van der Waals surface area (Å²) in [5.74, 6) is 0.430. The summed E-state index contributed by atoms with van der Waals surface area (Å²) in [7, 11) is 0. The first-order valence-electron chi connectivity index (χ1n) is 7.74. The van der Waals surface area contributed by atoms with E-state index in [9.17, 15) is 9.90 Å². The van der Waals surface area contributed by atoms with Crippen molar-refractivity contribution in [2.75, 3.05) is 5.75 Å². The van der Waals surface area contributed by atoms with Crippen molar-refractivity contribution in [1.82, 2.24) is 5.32 Å². The van der Waals surface area contributed by atoms with Gasteiger partial charge in [0.15, 0.2) is 0 Å². The van der Waals surface area contributed by atoms with E-state index in [-0.39, 0.29) is 18.1 Å². The fraction of sp³-hybridized carbons (Fsp3) is 0.588. The molecule has 3 nitrogen and oxygen atoms in total. The number of benzene rings is 1. The Morgan fingerprint density at radius 3 is 2.86 bits per heavy atom. The fourth-order valence-electron chi connectivity index (χ4n) is 2.71. The molecule has 1 aromatic rings. The highest BCUT2D eigenvalue weighted by molar-refractivity contribution is 8.00. The van der Waals surface area contributed by atoms with Crippen molar-refractivity contribution < 1.29 is 9.90 Å². The molecule has 2 rings (SSSR count). The number of rotatable bonds is 4. The first-order valence-corrected chi connectivity index (χ1v) is 8.72. The monoisotopic (exact) mass is 307 g/mol. The number of thioether (sulfide) groups is 1. The molecular weight excluding hydrogens is 282 g/mol. The molecule has 0 saturated heterocycles. The SMILES string of the molecule is Cc1ccc(C)c(SCC(=O)NC2CCCCCC2O)c1. The molecule has 0 bridgehead atoms. The number of nitrogens with one attached hydrogen (secondary N) is 1. The lowest BCUT2D eigenvalue weighted by molar-refractivity contribution is -0.120. The van der Waals surface area contributed by atoms with Crippen LogP contribution in [0.25, 0.3) is 0 Å². The van der Waals surface area contributed by atoms with Crippen molar-refractivity contribution in [3.63, 3.8) is 0 Å². The summed E-state index contributed by atoms with van der Waals surface area (Å²) in [4.78, 5) is 13.3. The predicted molar refractivity (Wildman–Crippen MR) is 87.7 cm³/mol. The van der Waals surface area contributed by atoms with E-state index >= 15 is 0 Å². The van der Waals surface area contributed by atoms with Gasteiger partial charge in [0.1, 0.15) is 0 Å². The van der Waals surface area contributed by atoms with Crippen LogP contribution in [-0.4, -0.2) is 28.9 Å². The molecule has 2 N–H and O–H groups in total. The Morgan fingerprint density at radius 1 is 1.29 bits per heavy atom. The largest absolute Gasteiger partial charge is 0.391 e. The van der Waals surface area contributed by atoms with E-state index in [1.54, 1.807) is 11.8 Å². The summed E-state index contributed by atoms with van der Waals surface area (Å²) in [6, 6.07) is 6.22. The van der Waals surface area contributed by atoms with Gasteiger partial charge in [-0.2, -0.15) is 0 Å². The van der Waals surface area contributed by atoms with Gasteiger partial charge in [-0.25, -0.2) is 0 Å². The zero-order valence-electron chi connectivity index (χ0n) is 12.9. The first kappa shape index (κ1) is 16.4. The Labute approximate surface area is 131 Å². The minimum atomic E-state index is -0.387. The van der Waals surface area contributed by atoms with E-state index in [1.807, 2.05) is 0 Å². The molecule has 2 unspecified atom stereocenters. The van der Waals surface area contributed by atoms with Gasteiger partial charge in [-0.1, -0.05) is 37.0 Å². The van der Waals surface area contributed by atoms with E-state index in [0.29, 0.717) is 5.75 Å². The molecule has 0 spiro atoms. The van der Waals surface area contributed by atoms with Gasteiger partial charge in [0, 0.05) is 4.90 Å². The van der Waals surface area contributed by atoms with E-state index in [2.05, 4.69) is 37.4 Å². The lowest BCUT2D eigenvalue weighted by Gasteiger charge is -2.21. The standard InChI is InChI=1S/C17H25NO2S/c1-12-8-9-13(2)16(10-12)21-11-17(20)18-14-6-4-3-5-7-15(14)19/h8-10,14-15,19H,3-7,11H2,1-2H3,(H,18,20). The third kappa shape index (κ3) is 5.04. The Kier molecular flexibility index (Phi) is 6.12. The fourth-order valence-corrected chi connectivity index (χ4v) is 3.65. The second kappa shape index (κ2) is 7.85. The molecule has 2 atom stereocenters. The quantitative estimate of drug-likeness (QED) is 0.663. The summed E-state index contributed by atoms with van der Waals surface area (Å²) < 4.78 is 0. The molecule has 1 amide bonds. The molecule has 21 heavy (non-hydrogen) atoms. The van der Waals surface area contributed by atoms with Crippen LogP contribution < -0.4 is 5.32 Å². The Bertz CT molecular complexity index is 490. The second-order valence-corrected chi connectivity index (χ2v) is 6.95. The third-order valence-corrected chi connectivity index (χ3v) is 5.19. The minimum absolute atomic E-state index is 0.0202. The van der Waals surface area contributed by atoms with E-state index in [1.165, 1.54) is 11.1 Å². The number of aryl methyl sites for hydroxylation is 2. The number of carbonyl (C=O) groups is 1. The molecule has 1 aromatic carbocycles. The molecule has 1 aliphatic rings. The molecule has 1 aliphatic carbocycles. The Balaban J connectivity index is 1.85. The summed E-state index contributed by atoms with van der Waals surface area (Å²) >= 11 is 1.57. The smallest absolute Gasteiger partial charge is 0.230 e. The highest BCUT2D eigenvalue weighted by Gasteiger charge is 2.23. The van der Waals surface area contributed by atoms with Crippen molar-refractivity contribution in [3.05, 3.63) is 29.3 Å². The third-order valence-electron chi connectivity index (χ3n) is 4.03. The van der Waals surface area contributed by atoms with Crippen LogP contribution in [0, 0.1) is 13.8 Å². The number of aliphatic hydroxyl groups is 1. The lowest BCUT2D eigenvalue weighted by atomic mass is 10.1. The van der Waals surface area contributed by atoms with Crippen LogP contribution in [-0.2, 0) is 4.79 Å². The highest BCUT2D eigenvalue weighted by atomic mass is 32.2. The van der Waals surface area contributed by atoms with E-state index in [4.69, 9.17) is 0 Å². The second-order valence-electron chi connectivity index (χ2n) is 5.94. The summed E-state index contributed by atoms with van der Waals surface area (Å²) in [5.41, 5.74) is 2.41. The molecule has 1 fully saturated rings. The Morgan fingerprint density at radius 2 is 2.05 bits per heavy atom. The van der Waals surface area contributed by atoms with Crippen molar-refractivity contribution in [2.24, 2.45) is 0 Å². The normalized spacial score (nSPS) is 22.6.